The van der Waals surface area contributed by atoms with Crippen molar-refractivity contribution in [3.63, 3.8) is 0 Å². The van der Waals surface area contributed by atoms with Crippen LogP contribution >= 0.6 is 0 Å². The maximum Gasteiger partial charge on any atom is 0.226 e. The highest BCUT2D eigenvalue weighted by Gasteiger charge is 2.60. The first-order chi connectivity index (χ1) is 11.3. The Morgan fingerprint density at radius 2 is 1.92 bits per heavy atom. The van der Waals surface area contributed by atoms with Gasteiger partial charge in [-0.05, 0) is 68.6 Å². The van der Waals surface area contributed by atoms with Gasteiger partial charge in [-0.2, -0.15) is 0 Å². The second kappa shape index (κ2) is 5.19. The fourth-order valence-electron chi connectivity index (χ4n) is 7.25. The summed E-state index contributed by atoms with van der Waals surface area (Å²) in [6.45, 7) is 6.59. The molecular weight excluding hydrogens is 298 g/mol. The van der Waals surface area contributed by atoms with Crippen LogP contribution in [0.25, 0.3) is 0 Å². The third-order valence-electron chi connectivity index (χ3n) is 8.51. The number of rotatable bonds is 1. The van der Waals surface area contributed by atoms with Gasteiger partial charge in [0.2, 0.25) is 5.91 Å². The predicted molar refractivity (Wildman–Crippen MR) is 94.0 cm³/mol. The molecule has 1 aliphatic heterocycles. The zero-order valence-electron chi connectivity index (χ0n) is 15.6. The summed E-state index contributed by atoms with van der Waals surface area (Å²) in [7, 11) is 1.96. The van der Waals surface area contributed by atoms with Crippen LogP contribution in [0.4, 0.5) is 0 Å². The summed E-state index contributed by atoms with van der Waals surface area (Å²) in [5, 5.41) is 0. The van der Waals surface area contributed by atoms with Crippen LogP contribution in [0.15, 0.2) is 11.8 Å². The average molecular weight is 329 g/mol. The molecule has 1 saturated heterocycles. The van der Waals surface area contributed by atoms with Gasteiger partial charge in [0.1, 0.15) is 5.78 Å². The van der Waals surface area contributed by atoms with E-state index in [1.54, 1.807) is 6.92 Å². The number of carbonyl (C=O) groups is 2. The number of likely N-dealkylation sites (tertiary alicyclic amines) is 1. The number of carbonyl (C=O) groups excluding carboxylic acids is 2. The van der Waals surface area contributed by atoms with Gasteiger partial charge in [0, 0.05) is 30.5 Å². The summed E-state index contributed by atoms with van der Waals surface area (Å²) in [5.41, 5.74) is 1.65. The quantitative estimate of drug-likeness (QED) is 0.724. The van der Waals surface area contributed by atoms with Gasteiger partial charge in [-0.25, -0.2) is 0 Å². The van der Waals surface area contributed by atoms with E-state index < -0.39 is 0 Å². The molecule has 132 valence electrons. The molecule has 4 rings (SSSR count). The van der Waals surface area contributed by atoms with Gasteiger partial charge >= 0.3 is 0 Å². The van der Waals surface area contributed by atoms with Crippen molar-refractivity contribution in [1.82, 2.24) is 4.90 Å². The predicted octanol–water partition coefficient (Wildman–Crippen LogP) is 4.18. The highest BCUT2D eigenvalue weighted by molar-refractivity contribution is 5.80. The molecule has 1 heterocycles. The van der Waals surface area contributed by atoms with Gasteiger partial charge in [-0.1, -0.05) is 19.9 Å². The molecule has 4 aliphatic rings. The molecule has 6 atom stereocenters. The van der Waals surface area contributed by atoms with E-state index in [-0.39, 0.29) is 22.7 Å². The first kappa shape index (κ1) is 16.4. The number of fused-ring (bicyclic) bond motifs is 5. The molecule has 0 spiro atoms. The Labute approximate surface area is 145 Å². The largest absolute Gasteiger partial charge is 0.319 e. The van der Waals surface area contributed by atoms with Crippen molar-refractivity contribution in [3.8, 4) is 0 Å². The van der Waals surface area contributed by atoms with Crippen LogP contribution in [-0.2, 0) is 9.59 Å². The summed E-state index contributed by atoms with van der Waals surface area (Å²) < 4.78 is 0. The monoisotopic (exact) mass is 329 g/mol. The lowest BCUT2D eigenvalue weighted by Gasteiger charge is -2.58. The van der Waals surface area contributed by atoms with E-state index in [1.165, 1.54) is 25.0 Å². The normalized spacial score (nSPS) is 47.6. The molecule has 0 aromatic rings. The minimum Gasteiger partial charge on any atom is -0.319 e. The van der Waals surface area contributed by atoms with Gasteiger partial charge in [0.05, 0.1) is 0 Å². The Kier molecular flexibility index (Phi) is 3.54. The van der Waals surface area contributed by atoms with E-state index in [4.69, 9.17) is 0 Å². The van der Waals surface area contributed by atoms with E-state index >= 15 is 0 Å². The van der Waals surface area contributed by atoms with Crippen LogP contribution in [0, 0.1) is 34.5 Å². The molecule has 0 unspecified atom stereocenters. The molecule has 3 aliphatic carbocycles. The molecule has 0 N–H and O–H groups in total. The average Bonchev–Trinajstić information content (AvgIpc) is 2.89. The van der Waals surface area contributed by atoms with Crippen LogP contribution in [0.1, 0.15) is 65.7 Å². The van der Waals surface area contributed by atoms with Gasteiger partial charge in [-0.3, -0.25) is 9.59 Å². The third-order valence-corrected chi connectivity index (χ3v) is 8.51. The van der Waals surface area contributed by atoms with Gasteiger partial charge in [-0.15, -0.1) is 0 Å². The Hall–Kier alpha value is -1.12. The molecule has 0 bridgehead atoms. The third kappa shape index (κ3) is 1.96. The summed E-state index contributed by atoms with van der Waals surface area (Å²) >= 11 is 0. The zero-order chi connectivity index (χ0) is 17.3. The lowest BCUT2D eigenvalue weighted by molar-refractivity contribution is -0.137. The van der Waals surface area contributed by atoms with E-state index in [0.29, 0.717) is 30.0 Å². The van der Waals surface area contributed by atoms with E-state index in [0.717, 1.165) is 19.3 Å². The summed E-state index contributed by atoms with van der Waals surface area (Å²) in [4.78, 5) is 26.3. The van der Waals surface area contributed by atoms with Crippen LogP contribution in [-0.4, -0.2) is 23.6 Å². The second-order valence-corrected chi connectivity index (χ2v) is 9.36. The van der Waals surface area contributed by atoms with Gasteiger partial charge in [0.15, 0.2) is 0 Å². The fourth-order valence-corrected chi connectivity index (χ4v) is 7.25. The number of hydrogen-bond donors (Lipinski definition) is 0. The zero-order valence-corrected chi connectivity index (χ0v) is 15.6. The van der Waals surface area contributed by atoms with Crippen molar-refractivity contribution in [3.05, 3.63) is 11.8 Å². The Morgan fingerprint density at radius 1 is 1.17 bits per heavy atom. The number of amides is 1. The first-order valence-electron chi connectivity index (χ1n) is 9.76. The lowest BCUT2D eigenvalue weighted by atomic mass is 9.49. The van der Waals surface area contributed by atoms with Crippen molar-refractivity contribution < 1.29 is 9.59 Å². The Balaban J connectivity index is 1.69. The number of piperidine rings is 1. The molecule has 3 nitrogen and oxygen atoms in total. The SMILES string of the molecule is CC(=O)[C@@H]1CC[C@H]2[C@H]3CC=C4N(C)C(=O)CC[C@]4(C)[C@@H]3CC[C@]12C. The van der Waals surface area contributed by atoms with Gasteiger partial charge < -0.3 is 4.90 Å². The molecule has 0 radical (unpaired) electrons. The van der Waals surface area contributed by atoms with Crippen LogP contribution in [0.5, 0.6) is 0 Å². The molecule has 2 saturated carbocycles. The maximum absolute atomic E-state index is 12.2. The van der Waals surface area contributed by atoms with Crippen molar-refractivity contribution in [2.24, 2.45) is 34.5 Å². The van der Waals surface area contributed by atoms with E-state index in [1.807, 2.05) is 11.9 Å². The molecule has 3 fully saturated rings. The van der Waals surface area contributed by atoms with Gasteiger partial charge in [0.25, 0.3) is 0 Å². The molecule has 1 amide bonds. The Bertz CT molecular complexity index is 623. The molecular formula is C21H31NO2. The molecule has 3 heteroatoms. The molecule has 0 aromatic carbocycles. The van der Waals surface area contributed by atoms with Crippen LogP contribution in [0.3, 0.4) is 0 Å². The highest BCUT2D eigenvalue weighted by atomic mass is 16.2. The minimum absolute atomic E-state index is 0.154. The number of Topliss-reactive ketones (excluding diaryl/α,β-unsaturated/α-hetero) is 1. The van der Waals surface area contributed by atoms with E-state index in [2.05, 4.69) is 19.9 Å². The summed E-state index contributed by atoms with van der Waals surface area (Å²) in [6, 6.07) is 0. The smallest absolute Gasteiger partial charge is 0.226 e. The summed E-state index contributed by atoms with van der Waals surface area (Å²) in [5.74, 6) is 3.01. The topological polar surface area (TPSA) is 37.4 Å². The van der Waals surface area contributed by atoms with Crippen LogP contribution in [0.2, 0.25) is 0 Å². The molecule has 24 heavy (non-hydrogen) atoms. The first-order valence-corrected chi connectivity index (χ1v) is 9.76. The van der Waals surface area contributed by atoms with Crippen molar-refractivity contribution in [1.29, 1.82) is 0 Å². The van der Waals surface area contributed by atoms with Crippen molar-refractivity contribution in [2.45, 2.75) is 65.7 Å². The number of ketones is 1. The molecule has 0 aromatic heterocycles. The second-order valence-electron chi connectivity index (χ2n) is 9.36. The standard InChI is InChI=1S/C21H31NO2/c1-13(23)15-6-7-16-14-5-8-18-21(3,12-10-19(24)22(18)4)17(14)9-11-20(15,16)2/h8,14-17H,5-7,9-12H2,1-4H3/t14-,15+,16+,17-,20-,21-/m1/s1. The van der Waals surface area contributed by atoms with Crippen LogP contribution < -0.4 is 0 Å². The number of nitrogens with zero attached hydrogens (tertiary/aromatic N) is 1. The van der Waals surface area contributed by atoms with Crippen molar-refractivity contribution >= 4 is 11.7 Å². The van der Waals surface area contributed by atoms with E-state index in [9.17, 15) is 9.59 Å². The summed E-state index contributed by atoms with van der Waals surface area (Å²) in [6.07, 6.45) is 9.86. The number of hydrogen-bond acceptors (Lipinski definition) is 2. The Morgan fingerprint density at radius 3 is 2.62 bits per heavy atom. The van der Waals surface area contributed by atoms with Crippen molar-refractivity contribution in [2.75, 3.05) is 7.05 Å². The highest BCUT2D eigenvalue weighted by Crippen LogP contribution is 2.65. The number of allylic oxidation sites excluding steroid dienone is 2. The lowest BCUT2D eigenvalue weighted by Crippen LogP contribution is -2.53. The maximum atomic E-state index is 12.2. The minimum atomic E-state index is 0.154. The fraction of sp³-hybridized carbons (Fsp3) is 0.810.